The highest BCUT2D eigenvalue weighted by molar-refractivity contribution is 5.47. The lowest BCUT2D eigenvalue weighted by Crippen LogP contribution is -2.43. The molecule has 33 heavy (non-hydrogen) atoms. The van der Waals surface area contributed by atoms with Gasteiger partial charge in [0.15, 0.2) is 0 Å². The summed E-state index contributed by atoms with van der Waals surface area (Å²) in [6, 6.07) is 3.48. The van der Waals surface area contributed by atoms with Gasteiger partial charge in [0, 0.05) is 5.56 Å². The normalized spacial score (nSPS) is 23.1. The number of aryl methyl sites for hydroxylation is 1. The van der Waals surface area contributed by atoms with Gasteiger partial charge in [-0.15, -0.1) is 0 Å². The third-order valence-corrected chi connectivity index (χ3v) is 6.86. The summed E-state index contributed by atoms with van der Waals surface area (Å²) in [5.41, 5.74) is 3.02. The van der Waals surface area contributed by atoms with Crippen LogP contribution in [0.1, 0.15) is 84.3 Å². The van der Waals surface area contributed by atoms with Crippen LogP contribution in [0.25, 0.3) is 0 Å². The minimum atomic E-state index is -0.885. The molecule has 3 atom stereocenters. The van der Waals surface area contributed by atoms with Crippen LogP contribution in [-0.2, 0) is 11.2 Å². The van der Waals surface area contributed by atoms with E-state index in [1.807, 2.05) is 13.8 Å². The van der Waals surface area contributed by atoms with Gasteiger partial charge in [-0.2, -0.15) is 0 Å². The maximum Gasteiger partial charge on any atom is 0.125 e. The molecule has 5 nitrogen and oxygen atoms in total. The van der Waals surface area contributed by atoms with E-state index < -0.39 is 17.3 Å². The third-order valence-electron chi connectivity index (χ3n) is 6.86. The monoisotopic (exact) mass is 460 g/mol. The van der Waals surface area contributed by atoms with Crippen molar-refractivity contribution in [3.8, 4) is 11.5 Å². The quantitative estimate of drug-likeness (QED) is 0.365. The van der Waals surface area contributed by atoms with Gasteiger partial charge >= 0.3 is 0 Å². The fourth-order valence-electron chi connectivity index (χ4n) is 4.58. The lowest BCUT2D eigenvalue weighted by molar-refractivity contribution is -0.153. The van der Waals surface area contributed by atoms with Crippen LogP contribution < -0.4 is 4.74 Å². The summed E-state index contributed by atoms with van der Waals surface area (Å²) in [6.07, 6.45) is 9.33. The lowest BCUT2D eigenvalue weighted by Gasteiger charge is -2.33. The van der Waals surface area contributed by atoms with Crippen LogP contribution in [0.3, 0.4) is 0 Å². The largest absolute Gasteiger partial charge is 0.508 e. The molecule has 0 aliphatic carbocycles. The van der Waals surface area contributed by atoms with Gasteiger partial charge in [-0.05, 0) is 104 Å². The number of ether oxygens (including phenoxy) is 2. The average Bonchev–Trinajstić information content (AvgIpc) is 3.14. The standard InChI is InChI=1S/C28H44O5/c1-19(11-13-22-18-23(29)17-21(3)26(22)32-7)9-8-10-20(2)12-14-24(30)28(6)16-15-25(33-28)27(4,5)31/h10-11,17-18,24-25,29-31H,8-9,12-16H2,1-7H3/b19-11+,20-10+/t24-,25+,28+/m0/s1. The molecular formula is C28H44O5. The summed E-state index contributed by atoms with van der Waals surface area (Å²) in [5, 5.41) is 30.8. The molecule has 0 unspecified atom stereocenters. The molecule has 1 aliphatic rings. The highest BCUT2D eigenvalue weighted by Gasteiger charge is 2.46. The van der Waals surface area contributed by atoms with E-state index in [-0.39, 0.29) is 11.9 Å². The second-order valence-electron chi connectivity index (χ2n) is 10.5. The minimum absolute atomic E-state index is 0.229. The predicted molar refractivity (Wildman–Crippen MR) is 134 cm³/mol. The van der Waals surface area contributed by atoms with Crippen molar-refractivity contribution in [1.82, 2.24) is 0 Å². The third kappa shape index (κ3) is 7.87. The number of aliphatic hydroxyl groups excluding tert-OH is 1. The maximum absolute atomic E-state index is 10.7. The first-order valence-corrected chi connectivity index (χ1v) is 12.1. The highest BCUT2D eigenvalue weighted by atomic mass is 16.5. The van der Waals surface area contributed by atoms with Crippen molar-refractivity contribution < 1.29 is 24.8 Å². The maximum atomic E-state index is 10.7. The number of hydrogen-bond donors (Lipinski definition) is 3. The first kappa shape index (κ1) is 27.4. The number of allylic oxidation sites excluding steroid dienone is 4. The second-order valence-corrected chi connectivity index (χ2v) is 10.5. The van der Waals surface area contributed by atoms with Crippen LogP contribution in [0.2, 0.25) is 0 Å². The van der Waals surface area contributed by atoms with Crippen LogP contribution >= 0.6 is 0 Å². The van der Waals surface area contributed by atoms with Crippen LogP contribution in [-0.4, -0.2) is 45.8 Å². The molecule has 3 N–H and O–H groups in total. The van der Waals surface area contributed by atoms with Crippen molar-refractivity contribution >= 4 is 0 Å². The zero-order chi connectivity index (χ0) is 24.8. The first-order valence-electron chi connectivity index (χ1n) is 12.1. The van der Waals surface area contributed by atoms with Crippen molar-refractivity contribution in [1.29, 1.82) is 0 Å². The Morgan fingerprint density at radius 1 is 1.24 bits per heavy atom. The number of aromatic hydroxyl groups is 1. The van der Waals surface area contributed by atoms with E-state index in [0.717, 1.165) is 55.4 Å². The number of benzene rings is 1. The molecule has 1 aromatic rings. The summed E-state index contributed by atoms with van der Waals surface area (Å²) in [7, 11) is 1.66. The van der Waals surface area contributed by atoms with E-state index >= 15 is 0 Å². The van der Waals surface area contributed by atoms with Crippen molar-refractivity contribution in [3.63, 3.8) is 0 Å². The molecule has 1 saturated heterocycles. The molecule has 1 heterocycles. The van der Waals surface area contributed by atoms with Gasteiger partial charge in [-0.25, -0.2) is 0 Å². The molecule has 1 fully saturated rings. The fraction of sp³-hybridized carbons (Fsp3) is 0.643. The van der Waals surface area contributed by atoms with Crippen LogP contribution in [0.5, 0.6) is 11.5 Å². The number of rotatable bonds is 11. The van der Waals surface area contributed by atoms with Crippen molar-refractivity contribution in [2.45, 2.75) is 110 Å². The summed E-state index contributed by atoms with van der Waals surface area (Å²) < 4.78 is 11.6. The number of phenols is 1. The topological polar surface area (TPSA) is 79.2 Å². The van der Waals surface area contributed by atoms with E-state index in [1.165, 1.54) is 11.1 Å². The number of phenolic OH excluding ortho intramolecular Hbond substituents is 1. The molecule has 186 valence electrons. The minimum Gasteiger partial charge on any atom is -0.508 e. The van der Waals surface area contributed by atoms with E-state index in [4.69, 9.17) is 9.47 Å². The Bertz CT molecular complexity index is 849. The van der Waals surface area contributed by atoms with E-state index in [2.05, 4.69) is 26.0 Å². The smallest absolute Gasteiger partial charge is 0.125 e. The lowest BCUT2D eigenvalue weighted by atomic mass is 9.90. The van der Waals surface area contributed by atoms with Gasteiger partial charge in [0.05, 0.1) is 30.5 Å². The van der Waals surface area contributed by atoms with E-state index in [0.29, 0.717) is 6.42 Å². The Kier molecular flexibility index (Phi) is 9.59. The number of aliphatic hydroxyl groups is 2. The summed E-state index contributed by atoms with van der Waals surface area (Å²) in [4.78, 5) is 0. The molecule has 0 saturated carbocycles. The molecular weight excluding hydrogens is 416 g/mol. The van der Waals surface area contributed by atoms with Crippen molar-refractivity contribution in [2.24, 2.45) is 0 Å². The summed E-state index contributed by atoms with van der Waals surface area (Å²) in [5.74, 6) is 1.10. The van der Waals surface area contributed by atoms with Gasteiger partial charge in [0.25, 0.3) is 0 Å². The zero-order valence-electron chi connectivity index (χ0n) is 21.6. The van der Waals surface area contributed by atoms with E-state index in [1.54, 1.807) is 33.1 Å². The fourth-order valence-corrected chi connectivity index (χ4v) is 4.58. The SMILES string of the molecule is COc1c(C)cc(O)cc1C/C=C(\C)CC/C=C(\C)CC[C@H](O)[C@@]1(C)CC[C@H](C(C)(C)O)O1. The highest BCUT2D eigenvalue weighted by Crippen LogP contribution is 2.38. The Morgan fingerprint density at radius 3 is 2.52 bits per heavy atom. The summed E-state index contributed by atoms with van der Waals surface area (Å²) in [6.45, 7) is 11.7. The molecule has 0 amide bonds. The van der Waals surface area contributed by atoms with Gasteiger partial charge in [-0.3, -0.25) is 0 Å². The van der Waals surface area contributed by atoms with Crippen molar-refractivity contribution in [2.75, 3.05) is 7.11 Å². The Balaban J connectivity index is 1.81. The molecule has 5 heteroatoms. The molecule has 0 aromatic heterocycles. The van der Waals surface area contributed by atoms with Gasteiger partial charge in [0.2, 0.25) is 0 Å². The van der Waals surface area contributed by atoms with Gasteiger partial charge in [0.1, 0.15) is 11.5 Å². The Morgan fingerprint density at radius 2 is 1.91 bits per heavy atom. The van der Waals surface area contributed by atoms with Gasteiger partial charge < -0.3 is 24.8 Å². The zero-order valence-corrected chi connectivity index (χ0v) is 21.6. The summed E-state index contributed by atoms with van der Waals surface area (Å²) >= 11 is 0. The predicted octanol–water partition coefficient (Wildman–Crippen LogP) is 5.77. The Labute approximate surface area is 200 Å². The van der Waals surface area contributed by atoms with E-state index in [9.17, 15) is 15.3 Å². The Hall–Kier alpha value is -1.82. The van der Waals surface area contributed by atoms with Crippen molar-refractivity contribution in [3.05, 3.63) is 46.6 Å². The van der Waals surface area contributed by atoms with Crippen LogP contribution in [0.4, 0.5) is 0 Å². The molecule has 1 aliphatic heterocycles. The molecule has 0 bridgehead atoms. The van der Waals surface area contributed by atoms with Crippen LogP contribution in [0, 0.1) is 6.92 Å². The molecule has 2 rings (SSSR count). The van der Waals surface area contributed by atoms with Crippen LogP contribution in [0.15, 0.2) is 35.4 Å². The molecule has 0 radical (unpaired) electrons. The second kappa shape index (κ2) is 11.5. The number of methoxy groups -OCH3 is 1. The molecule has 1 aromatic carbocycles. The van der Waals surface area contributed by atoms with Gasteiger partial charge in [-0.1, -0.05) is 23.3 Å². The number of hydrogen-bond acceptors (Lipinski definition) is 5. The molecule has 0 spiro atoms. The first-order chi connectivity index (χ1) is 15.4. The average molecular weight is 461 g/mol.